The Morgan fingerprint density at radius 2 is 1.92 bits per heavy atom. The Hall–Kier alpha value is -2.40. The minimum atomic E-state index is -0.372. The van der Waals surface area contributed by atoms with Crippen LogP contribution in [0, 0.1) is 5.82 Å². The zero-order chi connectivity index (χ0) is 18.4. The maximum Gasteiger partial charge on any atom is 0.224 e. The van der Waals surface area contributed by atoms with Crippen molar-refractivity contribution >= 4 is 11.6 Å². The molecule has 1 heterocycles. The average Bonchev–Trinajstić information content (AvgIpc) is 3.11. The van der Waals surface area contributed by atoms with Crippen LogP contribution in [0.1, 0.15) is 24.8 Å². The SMILES string of the molecule is N[C@@H](CC(=O)N1CCC[C@H]1CNc1ccccc1)Cc1ccccc1F. The quantitative estimate of drug-likeness (QED) is 0.802. The van der Waals surface area contributed by atoms with E-state index in [2.05, 4.69) is 5.32 Å². The Bertz CT molecular complexity index is 722. The van der Waals surface area contributed by atoms with Gasteiger partial charge >= 0.3 is 0 Å². The summed E-state index contributed by atoms with van der Waals surface area (Å²) >= 11 is 0. The van der Waals surface area contributed by atoms with Crippen molar-refractivity contribution in [2.24, 2.45) is 5.73 Å². The Morgan fingerprint density at radius 1 is 1.19 bits per heavy atom. The number of rotatable bonds is 7. The van der Waals surface area contributed by atoms with Gasteiger partial charge in [-0.3, -0.25) is 4.79 Å². The normalized spacial score (nSPS) is 17.9. The first kappa shape index (κ1) is 18.4. The van der Waals surface area contributed by atoms with Crippen LogP contribution in [0.2, 0.25) is 0 Å². The van der Waals surface area contributed by atoms with E-state index in [-0.39, 0.29) is 30.2 Å². The van der Waals surface area contributed by atoms with E-state index in [1.165, 1.54) is 6.07 Å². The second-order valence-electron chi connectivity index (χ2n) is 6.89. The first-order valence-electron chi connectivity index (χ1n) is 9.21. The molecule has 1 aliphatic heterocycles. The topological polar surface area (TPSA) is 58.4 Å². The molecule has 3 N–H and O–H groups in total. The smallest absolute Gasteiger partial charge is 0.224 e. The Kier molecular flexibility index (Phi) is 6.23. The molecule has 0 aliphatic carbocycles. The van der Waals surface area contributed by atoms with Gasteiger partial charge in [0.05, 0.1) is 0 Å². The van der Waals surface area contributed by atoms with E-state index in [1.54, 1.807) is 18.2 Å². The van der Waals surface area contributed by atoms with Gasteiger partial charge in [0.2, 0.25) is 5.91 Å². The van der Waals surface area contributed by atoms with E-state index in [9.17, 15) is 9.18 Å². The highest BCUT2D eigenvalue weighted by Gasteiger charge is 2.29. The summed E-state index contributed by atoms with van der Waals surface area (Å²) in [5.74, 6) is -0.201. The van der Waals surface area contributed by atoms with E-state index in [0.717, 1.165) is 31.6 Å². The minimum Gasteiger partial charge on any atom is -0.383 e. The molecule has 138 valence electrons. The summed E-state index contributed by atoms with van der Waals surface area (Å²) in [5.41, 5.74) is 7.75. The fourth-order valence-electron chi connectivity index (χ4n) is 3.53. The maximum atomic E-state index is 13.8. The number of likely N-dealkylation sites (tertiary alicyclic amines) is 1. The first-order valence-corrected chi connectivity index (χ1v) is 9.21. The first-order chi connectivity index (χ1) is 12.6. The summed E-state index contributed by atoms with van der Waals surface area (Å²) < 4.78 is 13.8. The number of carbonyl (C=O) groups is 1. The van der Waals surface area contributed by atoms with Gasteiger partial charge in [0.1, 0.15) is 5.82 Å². The van der Waals surface area contributed by atoms with E-state index < -0.39 is 0 Å². The van der Waals surface area contributed by atoms with Crippen LogP contribution in [0.5, 0.6) is 0 Å². The van der Waals surface area contributed by atoms with E-state index in [4.69, 9.17) is 5.73 Å². The molecule has 0 saturated carbocycles. The number of carbonyl (C=O) groups excluding carboxylic acids is 1. The molecule has 0 aromatic heterocycles. The number of anilines is 1. The van der Waals surface area contributed by atoms with Crippen molar-refractivity contribution in [1.82, 2.24) is 4.90 Å². The predicted octanol–water partition coefficient (Wildman–Crippen LogP) is 3.19. The third-order valence-corrected chi connectivity index (χ3v) is 4.89. The van der Waals surface area contributed by atoms with Gasteiger partial charge in [-0.25, -0.2) is 4.39 Å². The van der Waals surface area contributed by atoms with Crippen molar-refractivity contribution < 1.29 is 9.18 Å². The molecule has 4 nitrogen and oxygen atoms in total. The Labute approximate surface area is 154 Å². The number of para-hydroxylation sites is 1. The molecular weight excluding hydrogens is 329 g/mol. The van der Waals surface area contributed by atoms with Crippen LogP contribution >= 0.6 is 0 Å². The number of benzene rings is 2. The lowest BCUT2D eigenvalue weighted by molar-refractivity contribution is -0.132. The number of nitrogens with zero attached hydrogens (tertiary/aromatic N) is 1. The largest absolute Gasteiger partial charge is 0.383 e. The van der Waals surface area contributed by atoms with Crippen LogP contribution in [0.3, 0.4) is 0 Å². The standard InChI is InChI=1S/C21H26FN3O/c22-20-11-5-4-7-16(20)13-17(23)14-21(26)25-12-6-10-19(25)15-24-18-8-2-1-3-9-18/h1-5,7-9,11,17,19,24H,6,10,12-15,23H2/t17-,19+/m1/s1. The summed E-state index contributed by atoms with van der Waals surface area (Å²) in [6.07, 6.45) is 2.62. The molecule has 0 bridgehead atoms. The Balaban J connectivity index is 1.52. The minimum absolute atomic E-state index is 0.0613. The molecular formula is C21H26FN3O. The van der Waals surface area contributed by atoms with Crippen LogP contribution in [0.25, 0.3) is 0 Å². The van der Waals surface area contributed by atoms with Crippen LogP contribution in [0.4, 0.5) is 10.1 Å². The van der Waals surface area contributed by atoms with Crippen LogP contribution in [-0.2, 0) is 11.2 Å². The molecule has 1 amide bonds. The fourth-order valence-corrected chi connectivity index (χ4v) is 3.53. The fraction of sp³-hybridized carbons (Fsp3) is 0.381. The van der Waals surface area contributed by atoms with Crippen LogP contribution in [0.15, 0.2) is 54.6 Å². The molecule has 0 unspecified atom stereocenters. The summed E-state index contributed by atoms with van der Waals surface area (Å²) in [4.78, 5) is 14.6. The molecule has 2 aromatic carbocycles. The second kappa shape index (κ2) is 8.81. The summed E-state index contributed by atoms with van der Waals surface area (Å²) in [5, 5.41) is 3.40. The molecule has 3 rings (SSSR count). The van der Waals surface area contributed by atoms with E-state index in [1.807, 2.05) is 35.2 Å². The highest BCUT2D eigenvalue weighted by Crippen LogP contribution is 2.20. The molecule has 1 fully saturated rings. The van der Waals surface area contributed by atoms with E-state index >= 15 is 0 Å². The summed E-state index contributed by atoms with van der Waals surface area (Å²) in [7, 11) is 0. The van der Waals surface area contributed by atoms with Gasteiger partial charge in [0, 0.05) is 37.3 Å². The number of halogens is 1. The summed E-state index contributed by atoms with van der Waals surface area (Å²) in [6, 6.07) is 16.4. The molecule has 1 saturated heterocycles. The molecule has 1 aliphatic rings. The third-order valence-electron chi connectivity index (χ3n) is 4.89. The van der Waals surface area contributed by atoms with Crippen molar-refractivity contribution in [2.75, 3.05) is 18.4 Å². The number of amides is 1. The zero-order valence-corrected chi connectivity index (χ0v) is 14.9. The van der Waals surface area contributed by atoms with Crippen molar-refractivity contribution in [3.05, 3.63) is 66.0 Å². The Morgan fingerprint density at radius 3 is 2.69 bits per heavy atom. The van der Waals surface area contributed by atoms with Gasteiger partial charge in [-0.05, 0) is 43.0 Å². The number of hydrogen-bond donors (Lipinski definition) is 2. The zero-order valence-electron chi connectivity index (χ0n) is 14.9. The molecule has 26 heavy (non-hydrogen) atoms. The lowest BCUT2D eigenvalue weighted by Gasteiger charge is -2.26. The van der Waals surface area contributed by atoms with Crippen molar-refractivity contribution in [3.8, 4) is 0 Å². The van der Waals surface area contributed by atoms with Gasteiger partial charge in [-0.1, -0.05) is 36.4 Å². The van der Waals surface area contributed by atoms with Crippen LogP contribution in [-0.4, -0.2) is 36.0 Å². The summed E-state index contributed by atoms with van der Waals surface area (Å²) in [6.45, 7) is 1.50. The van der Waals surface area contributed by atoms with Gasteiger partial charge in [0.15, 0.2) is 0 Å². The molecule has 5 heteroatoms. The monoisotopic (exact) mass is 355 g/mol. The second-order valence-corrected chi connectivity index (χ2v) is 6.89. The van der Waals surface area contributed by atoms with Gasteiger partial charge in [0.25, 0.3) is 0 Å². The predicted molar refractivity (Wildman–Crippen MR) is 102 cm³/mol. The lowest BCUT2D eigenvalue weighted by atomic mass is 10.0. The molecule has 2 aromatic rings. The number of hydrogen-bond acceptors (Lipinski definition) is 3. The van der Waals surface area contributed by atoms with E-state index in [0.29, 0.717) is 12.0 Å². The molecule has 2 atom stereocenters. The van der Waals surface area contributed by atoms with Crippen molar-refractivity contribution in [1.29, 1.82) is 0 Å². The lowest BCUT2D eigenvalue weighted by Crippen LogP contribution is -2.42. The van der Waals surface area contributed by atoms with Gasteiger partial charge in [-0.2, -0.15) is 0 Å². The van der Waals surface area contributed by atoms with Gasteiger partial charge < -0.3 is 16.0 Å². The van der Waals surface area contributed by atoms with Gasteiger partial charge in [-0.15, -0.1) is 0 Å². The highest BCUT2D eigenvalue weighted by molar-refractivity contribution is 5.77. The number of nitrogens with one attached hydrogen (secondary N) is 1. The van der Waals surface area contributed by atoms with Crippen LogP contribution < -0.4 is 11.1 Å². The molecule has 0 radical (unpaired) electrons. The maximum absolute atomic E-state index is 13.8. The third kappa shape index (κ3) is 4.82. The van der Waals surface area contributed by atoms with Crippen molar-refractivity contribution in [2.45, 2.75) is 37.8 Å². The highest BCUT2D eigenvalue weighted by atomic mass is 19.1. The molecule has 0 spiro atoms. The van der Waals surface area contributed by atoms with Crippen molar-refractivity contribution in [3.63, 3.8) is 0 Å². The number of nitrogens with two attached hydrogens (primary N) is 1. The average molecular weight is 355 g/mol.